The first-order valence-electron chi connectivity index (χ1n) is 10.3. The molecule has 1 N–H and O–H groups in total. The van der Waals surface area contributed by atoms with Crippen molar-refractivity contribution in [1.29, 1.82) is 0 Å². The third-order valence-electron chi connectivity index (χ3n) is 5.10. The number of benzene rings is 3. The zero-order valence-electron chi connectivity index (χ0n) is 18.0. The van der Waals surface area contributed by atoms with E-state index in [9.17, 15) is 14.9 Å². The predicted octanol–water partition coefficient (Wildman–Crippen LogP) is 4.78. The second-order valence-electron chi connectivity index (χ2n) is 7.40. The van der Waals surface area contributed by atoms with E-state index in [1.807, 2.05) is 60.8 Å². The lowest BCUT2D eigenvalue weighted by Gasteiger charge is -2.10. The number of nitrogens with one attached hydrogen (secondary N) is 1. The van der Waals surface area contributed by atoms with Crippen LogP contribution < -0.4 is 5.32 Å². The number of aromatic nitrogens is 2. The van der Waals surface area contributed by atoms with Gasteiger partial charge in [-0.25, -0.2) is 4.68 Å². The number of rotatable bonds is 8. The van der Waals surface area contributed by atoms with Crippen LogP contribution in [-0.2, 0) is 22.6 Å². The summed E-state index contributed by atoms with van der Waals surface area (Å²) in [5.74, 6) is -0.200. The predicted molar refractivity (Wildman–Crippen MR) is 125 cm³/mol. The standard InChI is InChI=1S/C25H22N4O4/c1-33-17-19-7-5-6-10-23(19)26-24(30)15-20-16-28(21-8-3-2-4-9-21)27-25(20)18-11-13-22(14-12-18)29(31)32/h2-14,16H,15,17H2,1H3,(H,26,30). The van der Waals surface area contributed by atoms with Crippen molar-refractivity contribution < 1.29 is 14.5 Å². The van der Waals surface area contributed by atoms with Crippen LogP contribution in [0, 0.1) is 10.1 Å². The van der Waals surface area contributed by atoms with Crippen LogP contribution in [-0.4, -0.2) is 27.7 Å². The zero-order chi connectivity index (χ0) is 23.2. The minimum Gasteiger partial charge on any atom is -0.380 e. The number of non-ortho nitro benzene ring substituents is 1. The van der Waals surface area contributed by atoms with Gasteiger partial charge in [-0.1, -0.05) is 36.4 Å². The van der Waals surface area contributed by atoms with E-state index in [0.717, 1.165) is 11.3 Å². The van der Waals surface area contributed by atoms with Crippen LogP contribution in [0.15, 0.2) is 85.1 Å². The molecule has 0 bridgehead atoms. The van der Waals surface area contributed by atoms with E-state index in [1.54, 1.807) is 23.9 Å². The van der Waals surface area contributed by atoms with Crippen molar-refractivity contribution in [1.82, 2.24) is 9.78 Å². The molecule has 0 saturated carbocycles. The number of hydrogen-bond acceptors (Lipinski definition) is 5. The SMILES string of the molecule is COCc1ccccc1NC(=O)Cc1cn(-c2ccccc2)nc1-c1ccc([N+](=O)[O-])cc1. The van der Waals surface area contributed by atoms with Crippen molar-refractivity contribution in [3.63, 3.8) is 0 Å². The van der Waals surface area contributed by atoms with E-state index in [0.29, 0.717) is 29.1 Å². The molecule has 0 saturated heterocycles. The average Bonchev–Trinajstić information content (AvgIpc) is 3.24. The molecule has 0 aliphatic heterocycles. The third-order valence-corrected chi connectivity index (χ3v) is 5.10. The molecule has 1 heterocycles. The van der Waals surface area contributed by atoms with Crippen molar-refractivity contribution in [2.75, 3.05) is 12.4 Å². The first kappa shape index (κ1) is 21.9. The third kappa shape index (κ3) is 5.13. The fraction of sp³-hybridized carbons (Fsp3) is 0.120. The van der Waals surface area contributed by atoms with Gasteiger partial charge < -0.3 is 10.1 Å². The van der Waals surface area contributed by atoms with Gasteiger partial charge in [-0.3, -0.25) is 14.9 Å². The highest BCUT2D eigenvalue weighted by molar-refractivity contribution is 5.94. The highest BCUT2D eigenvalue weighted by Crippen LogP contribution is 2.27. The summed E-state index contributed by atoms with van der Waals surface area (Å²) in [5.41, 5.74) is 4.40. The minimum atomic E-state index is -0.446. The van der Waals surface area contributed by atoms with E-state index < -0.39 is 4.92 Å². The van der Waals surface area contributed by atoms with Crippen LogP contribution in [0.2, 0.25) is 0 Å². The summed E-state index contributed by atoms with van der Waals surface area (Å²) in [6.07, 6.45) is 1.90. The first-order valence-corrected chi connectivity index (χ1v) is 10.3. The number of carbonyl (C=O) groups is 1. The Balaban J connectivity index is 1.65. The second kappa shape index (κ2) is 9.88. The van der Waals surface area contributed by atoms with Crippen LogP contribution in [0.1, 0.15) is 11.1 Å². The number of para-hydroxylation sites is 2. The van der Waals surface area contributed by atoms with Crippen molar-refractivity contribution >= 4 is 17.3 Å². The molecular weight excluding hydrogens is 420 g/mol. The first-order chi connectivity index (χ1) is 16.0. The Morgan fingerprint density at radius 3 is 2.39 bits per heavy atom. The Morgan fingerprint density at radius 2 is 1.70 bits per heavy atom. The molecule has 33 heavy (non-hydrogen) atoms. The van der Waals surface area contributed by atoms with E-state index >= 15 is 0 Å². The summed E-state index contributed by atoms with van der Waals surface area (Å²) in [6.45, 7) is 0.385. The molecule has 4 aromatic rings. The molecule has 1 aromatic heterocycles. The fourth-order valence-electron chi connectivity index (χ4n) is 3.53. The van der Waals surface area contributed by atoms with E-state index in [-0.39, 0.29) is 18.0 Å². The highest BCUT2D eigenvalue weighted by atomic mass is 16.6. The summed E-state index contributed by atoms with van der Waals surface area (Å²) in [7, 11) is 1.60. The van der Waals surface area contributed by atoms with E-state index in [2.05, 4.69) is 10.4 Å². The molecule has 1 amide bonds. The highest BCUT2D eigenvalue weighted by Gasteiger charge is 2.17. The number of hydrogen-bond donors (Lipinski definition) is 1. The smallest absolute Gasteiger partial charge is 0.269 e. The number of ether oxygens (including phenoxy) is 1. The average molecular weight is 442 g/mol. The summed E-state index contributed by atoms with van der Waals surface area (Å²) in [5, 5.41) is 18.7. The molecule has 8 heteroatoms. The van der Waals surface area contributed by atoms with Gasteiger partial charge in [-0.05, 0) is 30.3 Å². The van der Waals surface area contributed by atoms with Gasteiger partial charge in [0.15, 0.2) is 0 Å². The maximum Gasteiger partial charge on any atom is 0.269 e. The van der Waals surface area contributed by atoms with Crippen LogP contribution in [0.25, 0.3) is 16.9 Å². The summed E-state index contributed by atoms with van der Waals surface area (Å²) in [6, 6.07) is 23.2. The molecule has 0 radical (unpaired) electrons. The minimum absolute atomic E-state index is 0.00437. The molecule has 0 aliphatic rings. The van der Waals surface area contributed by atoms with Gasteiger partial charge in [-0.15, -0.1) is 0 Å². The Morgan fingerprint density at radius 1 is 1.00 bits per heavy atom. The maximum absolute atomic E-state index is 12.9. The summed E-state index contributed by atoms with van der Waals surface area (Å²) >= 11 is 0. The molecule has 0 aliphatic carbocycles. The molecule has 0 fully saturated rings. The lowest BCUT2D eigenvalue weighted by molar-refractivity contribution is -0.384. The van der Waals surface area contributed by atoms with Crippen molar-refractivity contribution in [3.05, 3.63) is 106 Å². The lowest BCUT2D eigenvalue weighted by Crippen LogP contribution is -2.16. The Hall–Kier alpha value is -4.30. The summed E-state index contributed by atoms with van der Waals surface area (Å²) < 4.78 is 6.92. The summed E-state index contributed by atoms with van der Waals surface area (Å²) in [4.78, 5) is 23.5. The monoisotopic (exact) mass is 442 g/mol. The van der Waals surface area contributed by atoms with Gasteiger partial charge in [0.1, 0.15) is 0 Å². The van der Waals surface area contributed by atoms with Crippen LogP contribution >= 0.6 is 0 Å². The maximum atomic E-state index is 12.9. The van der Waals surface area contributed by atoms with Crippen LogP contribution in [0.3, 0.4) is 0 Å². The van der Waals surface area contributed by atoms with Crippen molar-refractivity contribution in [2.45, 2.75) is 13.0 Å². The molecule has 4 rings (SSSR count). The second-order valence-corrected chi connectivity index (χ2v) is 7.40. The van der Waals surface area contributed by atoms with Crippen molar-refractivity contribution in [2.24, 2.45) is 0 Å². The quantitative estimate of drug-likeness (QED) is 0.313. The molecule has 3 aromatic carbocycles. The molecular formula is C25H22N4O4. The zero-order valence-corrected chi connectivity index (χ0v) is 18.0. The normalized spacial score (nSPS) is 10.7. The van der Waals surface area contributed by atoms with E-state index in [4.69, 9.17) is 4.74 Å². The molecule has 0 atom stereocenters. The number of amides is 1. The molecule has 166 valence electrons. The number of nitrogens with zero attached hydrogens (tertiary/aromatic N) is 3. The molecule has 8 nitrogen and oxygen atoms in total. The fourth-order valence-corrected chi connectivity index (χ4v) is 3.53. The lowest BCUT2D eigenvalue weighted by atomic mass is 10.1. The van der Waals surface area contributed by atoms with E-state index in [1.165, 1.54) is 12.1 Å². The Kier molecular flexibility index (Phi) is 6.56. The Labute approximate surface area is 190 Å². The van der Waals surface area contributed by atoms with Gasteiger partial charge in [0.05, 0.1) is 29.3 Å². The number of anilines is 1. The van der Waals surface area contributed by atoms with Crippen molar-refractivity contribution in [3.8, 4) is 16.9 Å². The topological polar surface area (TPSA) is 99.3 Å². The number of carbonyl (C=O) groups excluding carboxylic acids is 1. The van der Waals surface area contributed by atoms with Gasteiger partial charge in [0, 0.05) is 47.8 Å². The Bertz CT molecular complexity index is 1270. The van der Waals surface area contributed by atoms with Gasteiger partial charge >= 0.3 is 0 Å². The van der Waals surface area contributed by atoms with Crippen LogP contribution in [0.4, 0.5) is 11.4 Å². The van der Waals surface area contributed by atoms with Gasteiger partial charge in [0.25, 0.3) is 5.69 Å². The largest absolute Gasteiger partial charge is 0.380 e. The van der Waals surface area contributed by atoms with Gasteiger partial charge in [0.2, 0.25) is 5.91 Å². The number of methoxy groups -OCH3 is 1. The molecule has 0 spiro atoms. The van der Waals surface area contributed by atoms with Gasteiger partial charge in [-0.2, -0.15) is 5.10 Å². The molecule has 0 unspecified atom stereocenters. The number of nitro benzene ring substituents is 1. The van der Waals surface area contributed by atoms with Crippen LogP contribution in [0.5, 0.6) is 0 Å². The number of nitro groups is 1.